The van der Waals surface area contributed by atoms with Gasteiger partial charge in [0.15, 0.2) is 0 Å². The molecular weight excluding hydrogens is 236 g/mol. The van der Waals surface area contributed by atoms with Gasteiger partial charge in [-0.05, 0) is 0 Å². The molecule has 54 valence electrons. The van der Waals surface area contributed by atoms with E-state index in [1.54, 1.807) is 0 Å². The Hall–Kier alpha value is 0.760. The van der Waals surface area contributed by atoms with Gasteiger partial charge in [-0.25, -0.2) is 0 Å². The Labute approximate surface area is 62.5 Å². The second-order valence-corrected chi connectivity index (χ2v) is 0. The van der Waals surface area contributed by atoms with Crippen molar-refractivity contribution in [3.05, 3.63) is 0 Å². The number of halogens is 2. The first-order valence-corrected chi connectivity index (χ1v) is 0.333. The maximum Gasteiger partial charge on any atom is -0.114 e. The van der Waals surface area contributed by atoms with Crippen molar-refractivity contribution >= 4 is 34.0 Å². The van der Waals surface area contributed by atoms with Crippen LogP contribution in [0.4, 0.5) is 0 Å². The van der Waals surface area contributed by atoms with Gasteiger partial charge in [-0.3, -0.25) is 11.7 Å². The first-order chi connectivity index (χ1) is 1.00. The Morgan fingerprint density at radius 2 is 0.571 bits per heavy atom. The first kappa shape index (κ1) is 114. The fourth-order valence-electron chi connectivity index (χ4n) is 0. The van der Waals surface area contributed by atoms with Crippen LogP contribution < -0.4 is 11.7 Å². The highest BCUT2D eigenvalue weighted by Crippen LogP contribution is 0.847. The van der Waals surface area contributed by atoms with E-state index in [4.69, 9.17) is 0 Å². The maximum absolute atomic E-state index is 4.00. The van der Waals surface area contributed by atoms with Gasteiger partial charge in [0.25, 0.3) is 0 Å². The summed E-state index contributed by atoms with van der Waals surface area (Å²) in [7, 11) is 0. The standard InChI is InChI=1S/2BrH.H4N2.3H2O/c;;1-2;;;/h2*1H;1-2H2;3*1H2. The molecule has 0 aromatic carbocycles. The fourth-order valence-corrected chi connectivity index (χ4v) is 0. The summed E-state index contributed by atoms with van der Waals surface area (Å²) in [6.07, 6.45) is 0. The summed E-state index contributed by atoms with van der Waals surface area (Å²) in [4.78, 5) is 0. The van der Waals surface area contributed by atoms with E-state index in [1.165, 1.54) is 0 Å². The maximum atomic E-state index is 4.00. The van der Waals surface area contributed by atoms with Gasteiger partial charge in [0.05, 0.1) is 0 Å². The predicted molar refractivity (Wildman–Crippen MR) is 39.9 cm³/mol. The van der Waals surface area contributed by atoms with E-state index >= 15 is 0 Å². The number of rotatable bonds is 0. The normalized spacial score (nSPS) is 0.857. The van der Waals surface area contributed by atoms with Crippen molar-refractivity contribution in [1.29, 1.82) is 0 Å². The summed E-state index contributed by atoms with van der Waals surface area (Å²) in [5.74, 6) is 8.00. The molecule has 0 spiro atoms. The molecule has 7 heteroatoms. The minimum Gasteiger partial charge on any atom is -0.412 e. The molecule has 5 nitrogen and oxygen atoms in total. The average molecular weight is 248 g/mol. The van der Waals surface area contributed by atoms with Crippen molar-refractivity contribution < 1.29 is 16.4 Å². The number of nitrogens with two attached hydrogens (primary N) is 2. The highest BCUT2D eigenvalue weighted by molar-refractivity contribution is 8.93. The van der Waals surface area contributed by atoms with Crippen LogP contribution in [0.3, 0.4) is 0 Å². The van der Waals surface area contributed by atoms with Gasteiger partial charge < -0.3 is 16.4 Å². The molecule has 10 N–H and O–H groups in total. The average Bonchev–Trinajstić information content (AvgIpc) is 1.00. The molecule has 0 rings (SSSR count). The largest absolute Gasteiger partial charge is 0.412 e. The minimum atomic E-state index is 0. The molecule has 0 atom stereocenters. The second kappa shape index (κ2) is 388. The summed E-state index contributed by atoms with van der Waals surface area (Å²) in [5.41, 5.74) is 0. The summed E-state index contributed by atoms with van der Waals surface area (Å²) in [5, 5.41) is 0. The van der Waals surface area contributed by atoms with Crippen LogP contribution in [0.2, 0.25) is 0 Å². The van der Waals surface area contributed by atoms with Gasteiger partial charge in [-0.1, -0.05) is 0 Å². The van der Waals surface area contributed by atoms with Crippen LogP contribution >= 0.6 is 34.0 Å². The molecule has 0 saturated heterocycles. The molecular formula is H12Br2N2O3. The predicted octanol–water partition coefficient (Wildman–Crippen LogP) is -2.50. The molecule has 0 fully saturated rings. The minimum absolute atomic E-state index is 0. The summed E-state index contributed by atoms with van der Waals surface area (Å²) >= 11 is 0. The molecule has 0 aliphatic carbocycles. The Balaban J connectivity index is -0.000000000500. The molecule has 0 aromatic heterocycles. The van der Waals surface area contributed by atoms with E-state index in [9.17, 15) is 0 Å². The van der Waals surface area contributed by atoms with Crippen LogP contribution in [0.25, 0.3) is 0 Å². The van der Waals surface area contributed by atoms with Crippen LogP contribution in [0, 0.1) is 0 Å². The zero-order chi connectivity index (χ0) is 2.00. The number of hydrogen-bond donors (Lipinski definition) is 2. The lowest BCUT2D eigenvalue weighted by atomic mass is 13.0. The molecule has 0 aromatic rings. The highest BCUT2D eigenvalue weighted by atomic mass is 79.9. The van der Waals surface area contributed by atoms with E-state index in [1.807, 2.05) is 0 Å². The zero-order valence-corrected chi connectivity index (χ0v) is 6.90. The quantitative estimate of drug-likeness (QED) is 0.360. The molecule has 0 amide bonds. The van der Waals surface area contributed by atoms with Gasteiger partial charge in [-0.2, -0.15) is 0 Å². The van der Waals surface area contributed by atoms with E-state index in [0.717, 1.165) is 0 Å². The van der Waals surface area contributed by atoms with Crippen LogP contribution in [-0.2, 0) is 0 Å². The van der Waals surface area contributed by atoms with Crippen molar-refractivity contribution in [3.8, 4) is 0 Å². The molecule has 0 saturated carbocycles. The van der Waals surface area contributed by atoms with Crippen LogP contribution in [0.1, 0.15) is 0 Å². The molecule has 0 aliphatic rings. The molecule has 7 heavy (non-hydrogen) atoms. The lowest BCUT2D eigenvalue weighted by Crippen LogP contribution is -2.02. The topological polar surface area (TPSA) is 147 Å². The van der Waals surface area contributed by atoms with Crippen molar-refractivity contribution in [2.24, 2.45) is 11.7 Å². The fraction of sp³-hybridized carbons (Fsp3) is 0. The highest BCUT2D eigenvalue weighted by Gasteiger charge is 0.726. The van der Waals surface area contributed by atoms with E-state index in [0.29, 0.717) is 0 Å². The van der Waals surface area contributed by atoms with Gasteiger partial charge in [0.2, 0.25) is 0 Å². The third-order valence-corrected chi connectivity index (χ3v) is 0. The molecule has 0 unspecified atom stereocenters. The van der Waals surface area contributed by atoms with Crippen molar-refractivity contribution in [2.45, 2.75) is 0 Å². The van der Waals surface area contributed by atoms with Crippen molar-refractivity contribution in [3.63, 3.8) is 0 Å². The van der Waals surface area contributed by atoms with Crippen molar-refractivity contribution in [1.82, 2.24) is 0 Å². The monoisotopic (exact) mass is 246 g/mol. The van der Waals surface area contributed by atoms with Crippen LogP contribution in [-0.4, -0.2) is 16.4 Å². The molecule has 0 bridgehead atoms. The zero-order valence-electron chi connectivity index (χ0n) is 3.47. The SMILES string of the molecule is Br.Br.NN.O.O.O. The van der Waals surface area contributed by atoms with Gasteiger partial charge in [0, 0.05) is 0 Å². The van der Waals surface area contributed by atoms with E-state index < -0.39 is 0 Å². The van der Waals surface area contributed by atoms with Gasteiger partial charge in [0.1, 0.15) is 0 Å². The summed E-state index contributed by atoms with van der Waals surface area (Å²) < 4.78 is 0. The van der Waals surface area contributed by atoms with E-state index in [2.05, 4.69) is 11.7 Å². The summed E-state index contributed by atoms with van der Waals surface area (Å²) in [6.45, 7) is 0. The van der Waals surface area contributed by atoms with Crippen LogP contribution in [0.5, 0.6) is 0 Å². The Kier molecular flexibility index (Phi) is 6350. The first-order valence-electron chi connectivity index (χ1n) is 0.333. The number of hydrogen-bond acceptors (Lipinski definition) is 2. The van der Waals surface area contributed by atoms with Gasteiger partial charge >= 0.3 is 0 Å². The van der Waals surface area contributed by atoms with Gasteiger partial charge in [-0.15, -0.1) is 34.0 Å². The molecule has 0 aliphatic heterocycles. The smallest absolute Gasteiger partial charge is 0.114 e. The Bertz CT molecular complexity index is 10.9. The number of hydrazine groups is 1. The van der Waals surface area contributed by atoms with E-state index in [-0.39, 0.29) is 50.4 Å². The second-order valence-electron chi connectivity index (χ2n) is 0. The lowest BCUT2D eigenvalue weighted by Gasteiger charge is -1.27. The molecule has 0 radical (unpaired) electrons. The summed E-state index contributed by atoms with van der Waals surface area (Å²) in [6, 6.07) is 0. The third-order valence-electron chi connectivity index (χ3n) is 0. The third kappa shape index (κ3) is 265. The Morgan fingerprint density at radius 3 is 0.571 bits per heavy atom. The van der Waals surface area contributed by atoms with Crippen LogP contribution in [0.15, 0.2) is 0 Å². The lowest BCUT2D eigenvalue weighted by molar-refractivity contribution is 0.823. The van der Waals surface area contributed by atoms with Crippen molar-refractivity contribution in [2.75, 3.05) is 0 Å². The molecule has 0 heterocycles. The Morgan fingerprint density at radius 1 is 0.571 bits per heavy atom.